The third-order valence-corrected chi connectivity index (χ3v) is 13.5. The highest BCUT2D eigenvalue weighted by Crippen LogP contribution is 2.93. The minimum Gasteiger partial charge on any atom is -0.467 e. The average Bonchev–Trinajstić information content (AvgIpc) is 3.89. The molecule has 6 fully saturated rings. The third-order valence-electron chi connectivity index (χ3n) is 11.6. The molecule has 3 amide bonds. The number of ether oxygens (including phenoxy) is 2. The topological polar surface area (TPSA) is 157 Å². The standard InChI is InChI=1S/C33H42BrN3O9S/c1-44-29(40)33-14-20(33)7-5-3-2-4-6-8-25(35-30(41)45-23-15-31-18-32(31,16-23)19-31)28(39)37-17-22(13-26(37)27(38)36-33)46-47(42,43)24-11-9-21(34)10-12-24/h9-12,20,22-23,25-26H,2-8,13-19H2,1H3,(H,35,41)(H,36,38)/t20-,22+,23?,25+,26+,31?,32?,33-/m1/s1. The molecule has 12 nitrogen and oxygen atoms in total. The summed E-state index contributed by atoms with van der Waals surface area (Å²) in [4.78, 5) is 55.5. The van der Waals surface area contributed by atoms with Gasteiger partial charge in [-0.1, -0.05) is 48.0 Å². The molecule has 1 aromatic carbocycles. The van der Waals surface area contributed by atoms with Gasteiger partial charge in [-0.25, -0.2) is 9.59 Å². The minimum atomic E-state index is -4.23. The third kappa shape index (κ3) is 6.18. The van der Waals surface area contributed by atoms with Crippen LogP contribution in [0, 0.1) is 16.7 Å². The van der Waals surface area contributed by atoms with Crippen LogP contribution in [0.5, 0.6) is 0 Å². The van der Waals surface area contributed by atoms with Gasteiger partial charge in [-0.2, -0.15) is 8.42 Å². The molecule has 0 aromatic heterocycles. The van der Waals surface area contributed by atoms with E-state index in [1.807, 2.05) is 0 Å². The number of fused-ring (bicyclic) bond motifs is 2. The van der Waals surface area contributed by atoms with Gasteiger partial charge in [0.2, 0.25) is 11.8 Å². The molecule has 0 unspecified atom stereocenters. The summed E-state index contributed by atoms with van der Waals surface area (Å²) in [5, 5.41) is 5.68. The van der Waals surface area contributed by atoms with Crippen LogP contribution in [-0.2, 0) is 38.2 Å². The first-order valence-electron chi connectivity index (χ1n) is 16.8. The zero-order valence-corrected chi connectivity index (χ0v) is 28.9. The lowest BCUT2D eigenvalue weighted by atomic mass is 9.98. The molecule has 5 atom stereocenters. The van der Waals surface area contributed by atoms with Gasteiger partial charge in [0.05, 0.1) is 18.1 Å². The molecule has 0 radical (unpaired) electrons. The predicted molar refractivity (Wildman–Crippen MR) is 170 cm³/mol. The van der Waals surface area contributed by atoms with Crippen LogP contribution in [0.25, 0.3) is 0 Å². The molecule has 7 rings (SSSR count). The van der Waals surface area contributed by atoms with Crippen molar-refractivity contribution in [2.75, 3.05) is 13.7 Å². The monoisotopic (exact) mass is 735 g/mol. The number of hydrogen-bond donors (Lipinski definition) is 2. The number of hydrogen-bond acceptors (Lipinski definition) is 9. The van der Waals surface area contributed by atoms with Gasteiger partial charge in [0.1, 0.15) is 23.7 Å². The highest BCUT2D eigenvalue weighted by Gasteiger charge is 2.86. The molecular weight excluding hydrogens is 694 g/mol. The maximum Gasteiger partial charge on any atom is 0.408 e. The molecule has 0 bridgehead atoms. The lowest BCUT2D eigenvalue weighted by Gasteiger charge is -2.30. The van der Waals surface area contributed by atoms with Crippen LogP contribution >= 0.6 is 15.9 Å². The van der Waals surface area contributed by atoms with Crippen molar-refractivity contribution in [2.45, 2.75) is 118 Å². The van der Waals surface area contributed by atoms with E-state index in [-0.39, 0.29) is 29.9 Å². The molecule has 4 saturated carbocycles. The summed E-state index contributed by atoms with van der Waals surface area (Å²) in [6.07, 6.45) is 8.01. The summed E-state index contributed by atoms with van der Waals surface area (Å²) >= 11 is 3.29. The number of amides is 3. The van der Waals surface area contributed by atoms with Gasteiger partial charge in [-0.3, -0.25) is 13.8 Å². The van der Waals surface area contributed by atoms with Crippen molar-refractivity contribution in [1.29, 1.82) is 0 Å². The van der Waals surface area contributed by atoms with Crippen LogP contribution in [0.1, 0.15) is 83.5 Å². The van der Waals surface area contributed by atoms with Crippen molar-refractivity contribution in [3.05, 3.63) is 28.7 Å². The average molecular weight is 737 g/mol. The molecule has 1 aromatic rings. The summed E-state index contributed by atoms with van der Waals surface area (Å²) in [5.41, 5.74) is -0.437. The van der Waals surface area contributed by atoms with E-state index in [1.54, 1.807) is 12.1 Å². The number of nitrogens with one attached hydrogen (secondary N) is 2. The van der Waals surface area contributed by atoms with Crippen molar-refractivity contribution >= 4 is 49.9 Å². The van der Waals surface area contributed by atoms with E-state index in [4.69, 9.17) is 13.7 Å². The molecule has 47 heavy (non-hydrogen) atoms. The number of halogens is 1. The Morgan fingerprint density at radius 3 is 2.30 bits per heavy atom. The number of alkyl carbamates (subject to hydrolysis) is 1. The maximum absolute atomic E-state index is 14.3. The Bertz CT molecular complexity index is 1550. The molecule has 2 heterocycles. The highest BCUT2D eigenvalue weighted by molar-refractivity contribution is 9.10. The predicted octanol–water partition coefficient (Wildman–Crippen LogP) is 3.95. The van der Waals surface area contributed by atoms with Crippen molar-refractivity contribution in [2.24, 2.45) is 16.7 Å². The molecule has 2 aliphatic heterocycles. The number of carbonyl (C=O) groups is 4. The second kappa shape index (κ2) is 12.0. The SMILES string of the molecule is COC(=O)[C@@]12C[C@H]1CCCCCCC[C@H](NC(=O)OC1CC34CC3(C1)C4)C(=O)N1C[C@@H](OS(=O)(=O)c3ccc(Br)cc3)C[C@H]1C(=O)N2. The summed E-state index contributed by atoms with van der Waals surface area (Å²) < 4.78 is 43.6. The van der Waals surface area contributed by atoms with Crippen LogP contribution in [-0.4, -0.2) is 80.7 Å². The van der Waals surface area contributed by atoms with E-state index >= 15 is 0 Å². The quantitative estimate of drug-likeness (QED) is 0.326. The number of rotatable bonds is 6. The van der Waals surface area contributed by atoms with E-state index in [9.17, 15) is 27.6 Å². The van der Waals surface area contributed by atoms with Crippen molar-refractivity contribution in [1.82, 2.24) is 15.5 Å². The van der Waals surface area contributed by atoms with Gasteiger partial charge in [0.15, 0.2) is 0 Å². The number of nitrogens with zero attached hydrogens (tertiary/aromatic N) is 1. The lowest BCUT2D eigenvalue weighted by molar-refractivity contribution is -0.148. The summed E-state index contributed by atoms with van der Waals surface area (Å²) in [6.45, 7) is -0.192. The Morgan fingerprint density at radius 2 is 1.62 bits per heavy atom. The van der Waals surface area contributed by atoms with Crippen molar-refractivity contribution in [3.63, 3.8) is 0 Å². The van der Waals surface area contributed by atoms with E-state index in [2.05, 4.69) is 26.6 Å². The largest absolute Gasteiger partial charge is 0.467 e. The molecule has 6 aliphatic rings. The van der Waals surface area contributed by atoms with Gasteiger partial charge >= 0.3 is 12.1 Å². The van der Waals surface area contributed by atoms with Gasteiger partial charge < -0.3 is 25.0 Å². The molecule has 4 aliphatic carbocycles. The van der Waals surface area contributed by atoms with Gasteiger partial charge in [0.25, 0.3) is 10.1 Å². The van der Waals surface area contributed by atoms with Crippen molar-refractivity contribution in [3.8, 4) is 0 Å². The summed E-state index contributed by atoms with van der Waals surface area (Å²) in [7, 11) is -2.95. The second-order valence-corrected chi connectivity index (χ2v) is 17.1. The van der Waals surface area contributed by atoms with Crippen LogP contribution < -0.4 is 10.6 Å². The smallest absolute Gasteiger partial charge is 0.408 e. The fraction of sp³-hybridized carbons (Fsp3) is 0.697. The van der Waals surface area contributed by atoms with Crippen molar-refractivity contribution < 1.29 is 41.3 Å². The Morgan fingerprint density at radius 1 is 0.957 bits per heavy atom. The number of carbonyl (C=O) groups excluding carboxylic acids is 4. The highest BCUT2D eigenvalue weighted by atomic mass is 79.9. The zero-order chi connectivity index (χ0) is 33.2. The van der Waals surface area contributed by atoms with E-state index in [0.717, 1.165) is 44.9 Å². The van der Waals surface area contributed by atoms with Crippen LogP contribution in [0.4, 0.5) is 4.79 Å². The van der Waals surface area contributed by atoms with Crippen LogP contribution in [0.15, 0.2) is 33.6 Å². The van der Waals surface area contributed by atoms with E-state index in [1.165, 1.54) is 37.0 Å². The molecule has 0 spiro atoms. The zero-order valence-electron chi connectivity index (χ0n) is 26.5. The summed E-state index contributed by atoms with van der Waals surface area (Å²) in [5.74, 6) is -1.73. The Labute approximate surface area is 283 Å². The Kier molecular flexibility index (Phi) is 8.39. The second-order valence-electron chi connectivity index (χ2n) is 14.6. The lowest BCUT2D eigenvalue weighted by Crippen LogP contribution is -2.56. The van der Waals surface area contributed by atoms with Gasteiger partial charge in [-0.15, -0.1) is 0 Å². The molecule has 256 valence electrons. The Balaban J connectivity index is 1.11. The van der Waals surface area contributed by atoms with Crippen LogP contribution in [0.2, 0.25) is 0 Å². The normalized spacial score (nSPS) is 37.9. The molecule has 2 saturated heterocycles. The summed E-state index contributed by atoms with van der Waals surface area (Å²) in [6, 6.07) is 3.86. The number of methoxy groups -OCH3 is 1. The first-order chi connectivity index (χ1) is 22.4. The van der Waals surface area contributed by atoms with Gasteiger partial charge in [0, 0.05) is 17.4 Å². The minimum absolute atomic E-state index is 0.0602. The fourth-order valence-corrected chi connectivity index (χ4v) is 10.1. The van der Waals surface area contributed by atoms with Crippen LogP contribution in [0.3, 0.4) is 0 Å². The molecule has 2 N–H and O–H groups in total. The molecule has 14 heteroatoms. The first kappa shape index (κ1) is 32.8. The van der Waals surface area contributed by atoms with E-state index < -0.39 is 57.7 Å². The van der Waals surface area contributed by atoms with E-state index in [0.29, 0.717) is 34.6 Å². The first-order valence-corrected chi connectivity index (χ1v) is 19.0. The Hall–Kier alpha value is -2.71. The number of esters is 1. The molecular formula is C33H42BrN3O9S. The number of benzene rings is 1. The van der Waals surface area contributed by atoms with Gasteiger partial charge in [-0.05, 0) is 86.0 Å². The fourth-order valence-electron chi connectivity index (χ4n) is 8.77. The maximum atomic E-state index is 14.3.